The van der Waals surface area contributed by atoms with Crippen LogP contribution < -0.4 is 11.1 Å². The van der Waals surface area contributed by atoms with Gasteiger partial charge in [0.25, 0.3) is 0 Å². The molecule has 1 aliphatic rings. The molecular weight excluding hydrogens is 440 g/mol. The van der Waals surface area contributed by atoms with E-state index in [0.29, 0.717) is 4.34 Å². The van der Waals surface area contributed by atoms with Crippen molar-refractivity contribution < 1.29 is 29.6 Å². The molecule has 0 aliphatic carbocycles. The van der Waals surface area contributed by atoms with Gasteiger partial charge >= 0.3 is 6.09 Å². The number of aromatic nitrogens is 2. The quantitative estimate of drug-likeness (QED) is 0.297. The Kier molecular flexibility index (Phi) is 8.56. The zero-order valence-corrected chi connectivity index (χ0v) is 19.3. The van der Waals surface area contributed by atoms with Crippen molar-refractivity contribution in [2.75, 3.05) is 11.6 Å². The molecule has 2 rings (SSSR count). The number of hydrogen-bond acceptors (Lipinski definition) is 12. The average molecular weight is 469 g/mol. The van der Waals surface area contributed by atoms with Crippen molar-refractivity contribution in [3.05, 3.63) is 0 Å². The molecule has 1 amide bonds. The van der Waals surface area contributed by atoms with Gasteiger partial charge in [0.15, 0.2) is 4.34 Å². The van der Waals surface area contributed by atoms with Crippen LogP contribution in [0.15, 0.2) is 4.34 Å². The molecule has 0 saturated carbocycles. The van der Waals surface area contributed by atoms with Gasteiger partial charge in [-0.2, -0.15) is 0 Å². The fraction of sp³-hybridized carbons (Fsp3) is 0.812. The molecule has 6 N–H and O–H groups in total. The molecule has 7 atom stereocenters. The number of carbonyl (C=O) groups excluding carboxylic acids is 1. The van der Waals surface area contributed by atoms with Gasteiger partial charge in [-0.1, -0.05) is 30.0 Å². The SMILES string of the molecule is CSC1O[C@H]([C@H](N)[C@H](C)Sc2nnc(NC(=O)OC(C)(C)C)s2)C(O)[C@@H](O)[C@H]1O. The molecule has 2 unspecified atom stereocenters. The Morgan fingerprint density at radius 3 is 2.52 bits per heavy atom. The van der Waals surface area contributed by atoms with Crippen LogP contribution in [-0.4, -0.2) is 84.6 Å². The van der Waals surface area contributed by atoms with E-state index in [1.54, 1.807) is 27.0 Å². The third-order valence-electron chi connectivity index (χ3n) is 4.06. The summed E-state index contributed by atoms with van der Waals surface area (Å²) in [6.45, 7) is 7.11. The number of amides is 1. The van der Waals surface area contributed by atoms with Crippen molar-refractivity contribution in [1.82, 2.24) is 10.2 Å². The van der Waals surface area contributed by atoms with E-state index >= 15 is 0 Å². The highest BCUT2D eigenvalue weighted by Crippen LogP contribution is 2.34. The van der Waals surface area contributed by atoms with E-state index in [4.69, 9.17) is 15.2 Å². The molecule has 166 valence electrons. The first-order valence-corrected chi connectivity index (χ1v) is 11.9. The van der Waals surface area contributed by atoms with Gasteiger partial charge < -0.3 is 30.5 Å². The molecule has 13 heteroatoms. The number of nitrogens with two attached hydrogens (primary N) is 1. The number of aliphatic hydroxyl groups is 3. The highest BCUT2D eigenvalue weighted by Gasteiger charge is 2.46. The van der Waals surface area contributed by atoms with Gasteiger partial charge in [-0.05, 0) is 27.0 Å². The third kappa shape index (κ3) is 6.66. The zero-order chi connectivity index (χ0) is 21.9. The van der Waals surface area contributed by atoms with Gasteiger partial charge in [0.2, 0.25) is 5.13 Å². The Morgan fingerprint density at radius 2 is 1.93 bits per heavy atom. The van der Waals surface area contributed by atoms with E-state index in [0.717, 1.165) is 11.3 Å². The predicted molar refractivity (Wildman–Crippen MR) is 113 cm³/mol. The van der Waals surface area contributed by atoms with Gasteiger partial charge in [-0.15, -0.1) is 22.0 Å². The Hall–Kier alpha value is -0.670. The first-order valence-electron chi connectivity index (χ1n) is 8.91. The fourth-order valence-electron chi connectivity index (χ4n) is 2.59. The summed E-state index contributed by atoms with van der Waals surface area (Å²) in [4.78, 5) is 11.8. The first kappa shape index (κ1) is 24.6. The summed E-state index contributed by atoms with van der Waals surface area (Å²) >= 11 is 3.70. The van der Waals surface area contributed by atoms with Gasteiger partial charge in [0, 0.05) is 11.3 Å². The van der Waals surface area contributed by atoms with Crippen LogP contribution in [0, 0.1) is 0 Å². The number of thioether (sulfide) groups is 2. The maximum absolute atomic E-state index is 11.8. The van der Waals surface area contributed by atoms with Crippen molar-refractivity contribution in [3.8, 4) is 0 Å². The van der Waals surface area contributed by atoms with E-state index in [2.05, 4.69) is 15.5 Å². The number of carbonyl (C=O) groups is 1. The summed E-state index contributed by atoms with van der Waals surface area (Å²) in [6, 6.07) is -0.655. The third-order valence-corrected chi connectivity index (χ3v) is 7.06. The molecule has 0 radical (unpaired) electrons. The van der Waals surface area contributed by atoms with E-state index in [1.807, 2.05) is 6.92 Å². The average Bonchev–Trinajstić information content (AvgIpc) is 3.04. The second-order valence-electron chi connectivity index (χ2n) is 7.58. The summed E-state index contributed by atoms with van der Waals surface area (Å²) in [5.74, 6) is 0. The Labute approximate surface area is 181 Å². The minimum absolute atomic E-state index is 0.262. The minimum Gasteiger partial charge on any atom is -0.444 e. The molecule has 1 aromatic rings. The van der Waals surface area contributed by atoms with Crippen LogP contribution >= 0.6 is 34.9 Å². The zero-order valence-electron chi connectivity index (χ0n) is 16.8. The second kappa shape index (κ2) is 10.1. The molecule has 0 bridgehead atoms. The summed E-state index contributed by atoms with van der Waals surface area (Å²) in [6.07, 6.45) is -3.61. The van der Waals surface area contributed by atoms with E-state index in [9.17, 15) is 20.1 Å². The van der Waals surface area contributed by atoms with Crippen molar-refractivity contribution in [2.24, 2.45) is 5.73 Å². The van der Waals surface area contributed by atoms with Crippen LogP contribution in [0.1, 0.15) is 27.7 Å². The lowest BCUT2D eigenvalue weighted by atomic mass is 9.94. The van der Waals surface area contributed by atoms with Gasteiger partial charge in [0.05, 0.1) is 0 Å². The number of nitrogens with one attached hydrogen (secondary N) is 1. The molecule has 0 spiro atoms. The Bertz CT molecular complexity index is 686. The van der Waals surface area contributed by atoms with Gasteiger partial charge in [0.1, 0.15) is 35.5 Å². The summed E-state index contributed by atoms with van der Waals surface area (Å²) in [5, 5.41) is 40.8. The van der Waals surface area contributed by atoms with Crippen LogP contribution in [0.5, 0.6) is 0 Å². The second-order valence-corrected chi connectivity index (χ2v) is 11.1. The van der Waals surface area contributed by atoms with Crippen LogP contribution in [0.3, 0.4) is 0 Å². The Balaban J connectivity index is 1.97. The van der Waals surface area contributed by atoms with Crippen LogP contribution in [0.25, 0.3) is 0 Å². The summed E-state index contributed by atoms with van der Waals surface area (Å²) < 4.78 is 11.4. The number of aliphatic hydroxyl groups excluding tert-OH is 3. The lowest BCUT2D eigenvalue weighted by molar-refractivity contribution is -0.202. The standard InChI is InChI=1S/C16H28N4O6S3/c1-6(7(17)11-9(22)8(21)10(23)12(25-11)27-5)28-15-20-19-13(29-15)18-14(24)26-16(2,3)4/h6-12,21-23H,17H2,1-5H3,(H,18,19,24)/t6-,7+,8+,9?,10+,11+,12?/m0/s1. The molecular formula is C16H28N4O6S3. The lowest BCUT2D eigenvalue weighted by Gasteiger charge is -2.43. The maximum Gasteiger partial charge on any atom is 0.414 e. The van der Waals surface area contributed by atoms with E-state index in [1.165, 1.54) is 23.5 Å². The molecule has 1 saturated heterocycles. The van der Waals surface area contributed by atoms with Crippen molar-refractivity contribution in [1.29, 1.82) is 0 Å². The molecule has 29 heavy (non-hydrogen) atoms. The summed E-state index contributed by atoms with van der Waals surface area (Å²) in [5.41, 5.74) is 4.96. The number of anilines is 1. The summed E-state index contributed by atoms with van der Waals surface area (Å²) in [7, 11) is 0. The number of nitrogens with zero attached hydrogens (tertiary/aromatic N) is 2. The van der Waals surface area contributed by atoms with Gasteiger partial charge in [-0.3, -0.25) is 5.32 Å². The lowest BCUT2D eigenvalue weighted by Crippen LogP contribution is -2.62. The Morgan fingerprint density at radius 1 is 1.28 bits per heavy atom. The predicted octanol–water partition coefficient (Wildman–Crippen LogP) is 0.864. The molecule has 1 aliphatic heterocycles. The van der Waals surface area contributed by atoms with Crippen LogP contribution in [0.4, 0.5) is 9.93 Å². The van der Waals surface area contributed by atoms with E-state index in [-0.39, 0.29) is 10.4 Å². The van der Waals surface area contributed by atoms with Gasteiger partial charge in [-0.25, -0.2) is 4.79 Å². The smallest absolute Gasteiger partial charge is 0.414 e. The molecule has 0 aromatic carbocycles. The van der Waals surface area contributed by atoms with Crippen LogP contribution in [0.2, 0.25) is 0 Å². The van der Waals surface area contributed by atoms with Crippen LogP contribution in [-0.2, 0) is 9.47 Å². The molecule has 10 nitrogen and oxygen atoms in total. The highest BCUT2D eigenvalue weighted by atomic mass is 32.2. The maximum atomic E-state index is 11.8. The highest BCUT2D eigenvalue weighted by molar-refractivity contribution is 8.01. The van der Waals surface area contributed by atoms with Crippen molar-refractivity contribution in [2.45, 2.75) is 78.8 Å². The number of ether oxygens (including phenoxy) is 2. The molecule has 2 heterocycles. The topological polar surface area (TPSA) is 160 Å². The minimum atomic E-state index is -1.35. The monoisotopic (exact) mass is 468 g/mol. The normalized spacial score (nSPS) is 29.9. The first-order chi connectivity index (χ1) is 13.4. The molecule has 1 aromatic heterocycles. The van der Waals surface area contributed by atoms with Crippen molar-refractivity contribution in [3.63, 3.8) is 0 Å². The number of hydrogen-bond donors (Lipinski definition) is 5. The number of rotatable bonds is 6. The molecule has 1 fully saturated rings. The fourth-order valence-corrected chi connectivity index (χ4v) is 5.34. The largest absolute Gasteiger partial charge is 0.444 e. The van der Waals surface area contributed by atoms with E-state index < -0.39 is 47.6 Å². The van der Waals surface area contributed by atoms with Crippen molar-refractivity contribution >= 4 is 46.1 Å².